The molecule has 18 nitrogen and oxygen atoms in total. The lowest BCUT2D eigenvalue weighted by Crippen LogP contribution is -2.55. The molecule has 0 aliphatic heterocycles. The minimum atomic E-state index is -0.799. The molecule has 8 aliphatic rings. The Labute approximate surface area is 654 Å². The van der Waals surface area contributed by atoms with E-state index in [0.717, 1.165) is 133 Å². The maximum atomic E-state index is 12.2. The van der Waals surface area contributed by atoms with Crippen molar-refractivity contribution in [2.24, 2.45) is 87.7 Å². The predicted octanol–water partition coefficient (Wildman–Crippen LogP) is 19.1. The number of esters is 6. The number of methoxy groups -OCH3 is 6. The van der Waals surface area contributed by atoms with Crippen LogP contribution in [-0.2, 0) is 57.2 Å². The van der Waals surface area contributed by atoms with E-state index in [4.69, 9.17) is 62.8 Å². The highest BCUT2D eigenvalue weighted by Crippen LogP contribution is 2.41. The summed E-state index contributed by atoms with van der Waals surface area (Å²) < 4.78 is 29.4. The molecular formula is C89H168N6O12. The van der Waals surface area contributed by atoms with E-state index in [-0.39, 0.29) is 35.8 Å². The van der Waals surface area contributed by atoms with Gasteiger partial charge in [0.15, 0.2) is 0 Å². The van der Waals surface area contributed by atoms with E-state index in [1.54, 1.807) is 6.92 Å². The highest BCUT2D eigenvalue weighted by molar-refractivity contribution is 5.82. The number of hydrogen-bond donors (Lipinski definition) is 6. The number of rotatable bonds is 32. The maximum absolute atomic E-state index is 12.2. The molecule has 8 saturated carbocycles. The molecule has 0 heterocycles. The fourth-order valence-electron chi connectivity index (χ4n) is 19.7. The summed E-state index contributed by atoms with van der Waals surface area (Å²) in [7, 11) is 8.67. The van der Waals surface area contributed by atoms with Crippen molar-refractivity contribution in [2.75, 3.05) is 42.7 Å². The fourth-order valence-corrected chi connectivity index (χ4v) is 19.7. The Hall–Kier alpha value is -3.42. The topological polar surface area (TPSA) is 314 Å². The standard InChI is InChI=1S/C18H33NO2.C17H31NO2.C15H29NO2.C14H27NO2.C13H25NO2.C12H23NO2/c1-21-17(20)18(19,14-16-10-6-3-7-11-16)13-12-15-8-4-2-5-9-15;1-20-16(19)17(18,12-14-8-4-2-5-9-14)13-15-10-6-3-7-11-15;1-12(2)11-15(16,14(17)18-3)10-9-13-7-5-4-6-8-13;1-3-4-10-14(15,13(16)17-2)11-12-8-6-5-7-9-12;1-3-4-10-13(14,12(15)16-2)11-8-6-5-7-9-11;1-12(13,11(14)15-2)9-8-10-6-4-3-5-7-10/h15-16H,2-14,19H2,1H3;14-15H,2-13,18H2,1H3;12-13H,4-11,16H2,1-3H3;12H,3-11,15H2,1-2H3;11H,3-10,14H2,1-2H3;10H,3-9,13H2,1-2H3. The van der Waals surface area contributed by atoms with E-state index in [1.165, 1.54) is 287 Å². The van der Waals surface area contributed by atoms with Gasteiger partial charge in [0.05, 0.1) is 42.7 Å². The fraction of sp³-hybridized carbons (Fsp3) is 0.933. The van der Waals surface area contributed by atoms with Crippen LogP contribution in [-0.4, -0.2) is 112 Å². The molecule has 8 aliphatic carbocycles. The Bertz CT molecular complexity index is 2360. The molecule has 0 amide bonds. The van der Waals surface area contributed by atoms with Gasteiger partial charge in [-0.1, -0.05) is 297 Å². The van der Waals surface area contributed by atoms with Gasteiger partial charge in [-0.25, -0.2) is 0 Å². The van der Waals surface area contributed by atoms with E-state index in [9.17, 15) is 28.8 Å². The normalized spacial score (nSPS) is 22.1. The molecule has 0 bridgehead atoms. The van der Waals surface area contributed by atoms with Gasteiger partial charge in [-0.15, -0.1) is 0 Å². The molecule has 0 spiro atoms. The van der Waals surface area contributed by atoms with Gasteiger partial charge < -0.3 is 62.8 Å². The number of nitrogens with two attached hydrogens (primary N) is 6. The molecule has 107 heavy (non-hydrogen) atoms. The van der Waals surface area contributed by atoms with Gasteiger partial charge in [-0.3, -0.25) is 28.8 Å². The van der Waals surface area contributed by atoms with E-state index in [2.05, 4.69) is 27.7 Å². The summed E-state index contributed by atoms with van der Waals surface area (Å²) in [6.07, 6.45) is 66.6. The van der Waals surface area contributed by atoms with Gasteiger partial charge in [-0.05, 0) is 156 Å². The van der Waals surface area contributed by atoms with Crippen molar-refractivity contribution in [3.63, 3.8) is 0 Å². The minimum absolute atomic E-state index is 0.186. The van der Waals surface area contributed by atoms with Crippen LogP contribution in [0.15, 0.2) is 0 Å². The summed E-state index contributed by atoms with van der Waals surface area (Å²) in [6.45, 7) is 10.2. The second-order valence-corrected chi connectivity index (χ2v) is 36.1. The molecule has 0 radical (unpaired) electrons. The molecule has 0 aromatic rings. The molecule has 0 aromatic carbocycles. The molecule has 8 fully saturated rings. The van der Waals surface area contributed by atoms with Crippen LogP contribution < -0.4 is 34.4 Å². The van der Waals surface area contributed by atoms with Gasteiger partial charge in [0.1, 0.15) is 33.2 Å². The minimum Gasteiger partial charge on any atom is -0.468 e. The zero-order valence-electron chi connectivity index (χ0n) is 70.9. The third kappa shape index (κ3) is 37.0. The van der Waals surface area contributed by atoms with Crippen molar-refractivity contribution in [1.29, 1.82) is 0 Å². The van der Waals surface area contributed by atoms with Crippen LogP contribution in [0, 0.1) is 53.3 Å². The summed E-state index contributed by atoms with van der Waals surface area (Å²) >= 11 is 0. The van der Waals surface area contributed by atoms with Crippen molar-refractivity contribution < 1.29 is 57.2 Å². The average Bonchev–Trinajstić information content (AvgIpc) is 0.823. The molecule has 626 valence electrons. The Kier molecular flexibility index (Phi) is 48.9. The molecule has 5 unspecified atom stereocenters. The predicted molar refractivity (Wildman–Crippen MR) is 437 cm³/mol. The monoisotopic (exact) mass is 1510 g/mol. The quantitative estimate of drug-likeness (QED) is 0.0269. The Morgan fingerprint density at radius 1 is 0.299 bits per heavy atom. The number of unbranched alkanes of at least 4 members (excludes halogenated alkanes) is 2. The van der Waals surface area contributed by atoms with Crippen molar-refractivity contribution >= 4 is 35.8 Å². The second kappa shape index (κ2) is 53.6. The van der Waals surface area contributed by atoms with E-state index in [0.29, 0.717) is 41.9 Å². The van der Waals surface area contributed by atoms with Crippen LogP contribution in [0.5, 0.6) is 0 Å². The lowest BCUT2D eigenvalue weighted by molar-refractivity contribution is -0.151. The SMILES string of the molecule is CCCCC(N)(C(=O)OC)C1CCCCC1.CCCCC(N)(CC1CCCCC1)C(=O)OC.COC(=O)C(C)(N)CCC1CCCCC1.COC(=O)C(N)(CC1CCCCC1)CC1CCCCC1.COC(=O)C(N)(CCC1CCCCC1)CC(C)C.COC(=O)C(N)(CCC1CCCCC1)CC1CCCCC1. The number of hydrogen-bond acceptors (Lipinski definition) is 18. The maximum Gasteiger partial charge on any atom is 0.326 e. The Morgan fingerprint density at radius 3 is 0.841 bits per heavy atom. The summed E-state index contributed by atoms with van der Waals surface area (Å²) in [5, 5.41) is 0. The number of carbonyl (C=O) groups is 6. The average molecular weight is 1510 g/mol. The summed E-state index contributed by atoms with van der Waals surface area (Å²) in [5.41, 5.74) is 33.4. The molecule has 8 rings (SSSR count). The first-order chi connectivity index (χ1) is 51.1. The summed E-state index contributed by atoms with van der Waals surface area (Å²) in [5.74, 6) is 4.17. The van der Waals surface area contributed by atoms with Crippen LogP contribution in [0.3, 0.4) is 0 Å². The third-order valence-corrected chi connectivity index (χ3v) is 26.4. The largest absolute Gasteiger partial charge is 0.468 e. The first-order valence-electron chi connectivity index (χ1n) is 44.3. The lowest BCUT2D eigenvalue weighted by atomic mass is 9.73. The van der Waals surface area contributed by atoms with Gasteiger partial charge in [0.2, 0.25) is 0 Å². The van der Waals surface area contributed by atoms with Crippen molar-refractivity contribution in [2.45, 2.75) is 434 Å². The van der Waals surface area contributed by atoms with Gasteiger partial charge >= 0.3 is 35.8 Å². The molecular weight excluding hydrogens is 1350 g/mol. The summed E-state index contributed by atoms with van der Waals surface area (Å²) in [4.78, 5) is 71.5. The highest BCUT2D eigenvalue weighted by Gasteiger charge is 2.45. The van der Waals surface area contributed by atoms with E-state index >= 15 is 0 Å². The Balaban J connectivity index is 0.000000334. The van der Waals surface area contributed by atoms with Crippen molar-refractivity contribution in [1.82, 2.24) is 0 Å². The first kappa shape index (κ1) is 97.8. The summed E-state index contributed by atoms with van der Waals surface area (Å²) in [6, 6.07) is 0. The van der Waals surface area contributed by atoms with Crippen molar-refractivity contribution in [3.8, 4) is 0 Å². The highest BCUT2D eigenvalue weighted by atomic mass is 16.5. The van der Waals surface area contributed by atoms with Gasteiger partial charge in [-0.2, -0.15) is 0 Å². The van der Waals surface area contributed by atoms with E-state index < -0.39 is 33.2 Å². The van der Waals surface area contributed by atoms with Gasteiger partial charge in [0, 0.05) is 0 Å². The van der Waals surface area contributed by atoms with Crippen LogP contribution in [0.2, 0.25) is 0 Å². The van der Waals surface area contributed by atoms with E-state index in [1.807, 2.05) is 0 Å². The van der Waals surface area contributed by atoms with Crippen LogP contribution >= 0.6 is 0 Å². The molecule has 0 aromatic heterocycles. The third-order valence-electron chi connectivity index (χ3n) is 26.4. The first-order valence-corrected chi connectivity index (χ1v) is 44.3. The second-order valence-electron chi connectivity index (χ2n) is 36.1. The smallest absolute Gasteiger partial charge is 0.326 e. The van der Waals surface area contributed by atoms with Crippen LogP contribution in [0.25, 0.3) is 0 Å². The molecule has 18 heteroatoms. The molecule has 12 N–H and O–H groups in total. The van der Waals surface area contributed by atoms with Crippen LogP contribution in [0.4, 0.5) is 0 Å². The zero-order valence-corrected chi connectivity index (χ0v) is 70.9. The number of ether oxygens (including phenoxy) is 6. The zero-order chi connectivity index (χ0) is 79.2. The molecule has 0 saturated heterocycles. The lowest BCUT2D eigenvalue weighted by Gasteiger charge is -2.37. The van der Waals surface area contributed by atoms with Gasteiger partial charge in [0.25, 0.3) is 0 Å². The molecule has 5 atom stereocenters. The van der Waals surface area contributed by atoms with Crippen molar-refractivity contribution in [3.05, 3.63) is 0 Å². The number of carbonyl (C=O) groups excluding carboxylic acids is 6. The Morgan fingerprint density at radius 2 is 0.542 bits per heavy atom. The van der Waals surface area contributed by atoms with Crippen LogP contribution in [0.1, 0.15) is 401 Å².